The van der Waals surface area contributed by atoms with Gasteiger partial charge in [0, 0.05) is 30.7 Å². The standard InChI is InChI=1S/C34H52O4.C3H8/c1-10-12-25(28(11-2)31(37)15-22(5)35)16-24-17-30-29(21(3)4)20-26(23(6)33(30)32(38)18-24)19-27(36)13-14-34(7,8)9;1-3-2/h20-21,24-25,28H,10-19H2,1-9H3;3H2,1-2H3. The second-order valence-electron chi connectivity index (χ2n) is 14.1. The first-order chi connectivity index (χ1) is 19.1. The van der Waals surface area contributed by atoms with Gasteiger partial charge in [-0.15, -0.1) is 0 Å². The molecule has 0 amide bonds. The van der Waals surface area contributed by atoms with Crippen LogP contribution in [0.1, 0.15) is 166 Å². The topological polar surface area (TPSA) is 68.3 Å². The SMILES string of the molecule is CCC.CCCC(CC1CC(=O)c2c(C)c(CC(=O)CCC(C)(C)C)cc(C(C)C)c2C1)C(CC)C(=O)CC(C)=O. The van der Waals surface area contributed by atoms with Crippen molar-refractivity contribution in [2.45, 2.75) is 153 Å². The van der Waals surface area contributed by atoms with Crippen LogP contribution in [0.3, 0.4) is 0 Å². The zero-order valence-corrected chi connectivity index (χ0v) is 28.3. The summed E-state index contributed by atoms with van der Waals surface area (Å²) in [6.45, 7) is 22.7. The number of carbonyl (C=O) groups is 4. The summed E-state index contributed by atoms with van der Waals surface area (Å²) in [7, 11) is 0. The summed E-state index contributed by atoms with van der Waals surface area (Å²) in [4.78, 5) is 51.1. The van der Waals surface area contributed by atoms with Crippen molar-refractivity contribution in [2.24, 2.45) is 23.2 Å². The van der Waals surface area contributed by atoms with Crippen LogP contribution in [0, 0.1) is 30.1 Å². The van der Waals surface area contributed by atoms with Crippen LogP contribution in [0.15, 0.2) is 6.07 Å². The second-order valence-corrected chi connectivity index (χ2v) is 14.1. The van der Waals surface area contributed by atoms with Gasteiger partial charge in [0.05, 0.1) is 6.42 Å². The van der Waals surface area contributed by atoms with E-state index < -0.39 is 0 Å². The molecule has 4 nitrogen and oxygen atoms in total. The number of hydrogen-bond donors (Lipinski definition) is 0. The smallest absolute Gasteiger partial charge is 0.163 e. The van der Waals surface area contributed by atoms with Crippen LogP contribution in [0.25, 0.3) is 0 Å². The molecular weight excluding hydrogens is 508 g/mol. The zero-order valence-electron chi connectivity index (χ0n) is 28.3. The van der Waals surface area contributed by atoms with Gasteiger partial charge in [-0.05, 0) is 85.0 Å². The molecule has 0 radical (unpaired) electrons. The van der Waals surface area contributed by atoms with Crippen molar-refractivity contribution < 1.29 is 19.2 Å². The summed E-state index contributed by atoms with van der Waals surface area (Å²) >= 11 is 0. The first-order valence-corrected chi connectivity index (χ1v) is 16.3. The molecule has 1 aromatic carbocycles. The maximum Gasteiger partial charge on any atom is 0.163 e. The Morgan fingerprint density at radius 1 is 1.02 bits per heavy atom. The number of Topliss-reactive ketones (excluding diaryl/α,β-unsaturated/α-hetero) is 4. The third-order valence-corrected chi connectivity index (χ3v) is 8.39. The molecule has 41 heavy (non-hydrogen) atoms. The predicted octanol–water partition coefficient (Wildman–Crippen LogP) is 9.60. The Kier molecular flexibility index (Phi) is 15.4. The highest BCUT2D eigenvalue weighted by Crippen LogP contribution is 2.40. The van der Waals surface area contributed by atoms with Gasteiger partial charge in [0.1, 0.15) is 17.3 Å². The van der Waals surface area contributed by atoms with E-state index in [0.717, 1.165) is 60.8 Å². The van der Waals surface area contributed by atoms with Crippen LogP contribution in [0.5, 0.6) is 0 Å². The largest absolute Gasteiger partial charge is 0.300 e. The van der Waals surface area contributed by atoms with Gasteiger partial charge >= 0.3 is 0 Å². The Balaban J connectivity index is 0.00000268. The Morgan fingerprint density at radius 2 is 1.63 bits per heavy atom. The van der Waals surface area contributed by atoms with Crippen LogP contribution in [0.2, 0.25) is 0 Å². The number of hydrogen-bond acceptors (Lipinski definition) is 4. The van der Waals surface area contributed by atoms with Gasteiger partial charge in [-0.3, -0.25) is 19.2 Å². The molecule has 3 unspecified atom stereocenters. The Hall–Kier alpha value is -2.10. The fourth-order valence-electron chi connectivity index (χ4n) is 6.40. The van der Waals surface area contributed by atoms with Gasteiger partial charge in [-0.2, -0.15) is 0 Å². The third-order valence-electron chi connectivity index (χ3n) is 8.39. The Morgan fingerprint density at radius 3 is 2.12 bits per heavy atom. The molecule has 0 fully saturated rings. The number of benzene rings is 1. The van der Waals surface area contributed by atoms with E-state index in [1.807, 2.05) is 13.8 Å². The normalized spacial score (nSPS) is 16.5. The summed E-state index contributed by atoms with van der Waals surface area (Å²) in [5.41, 5.74) is 5.29. The van der Waals surface area contributed by atoms with E-state index in [0.29, 0.717) is 19.3 Å². The van der Waals surface area contributed by atoms with Gasteiger partial charge in [0.15, 0.2) is 5.78 Å². The fourth-order valence-corrected chi connectivity index (χ4v) is 6.40. The minimum Gasteiger partial charge on any atom is -0.300 e. The van der Waals surface area contributed by atoms with E-state index in [4.69, 9.17) is 0 Å². The lowest BCUT2D eigenvalue weighted by atomic mass is 9.70. The summed E-state index contributed by atoms with van der Waals surface area (Å²) in [5.74, 6) is 0.923. The minimum absolute atomic E-state index is 0.0130. The highest BCUT2D eigenvalue weighted by Gasteiger charge is 2.35. The molecule has 1 aliphatic carbocycles. The lowest BCUT2D eigenvalue weighted by molar-refractivity contribution is -0.130. The van der Waals surface area contributed by atoms with Gasteiger partial charge in [0.2, 0.25) is 0 Å². The highest BCUT2D eigenvalue weighted by atomic mass is 16.1. The lowest BCUT2D eigenvalue weighted by Crippen LogP contribution is -2.30. The van der Waals surface area contributed by atoms with Crippen LogP contribution in [-0.2, 0) is 27.2 Å². The van der Waals surface area contributed by atoms with E-state index in [9.17, 15) is 19.2 Å². The molecule has 0 saturated carbocycles. The van der Waals surface area contributed by atoms with Gasteiger partial charge in [-0.25, -0.2) is 0 Å². The molecule has 0 aliphatic heterocycles. The van der Waals surface area contributed by atoms with Crippen molar-refractivity contribution in [1.82, 2.24) is 0 Å². The quantitative estimate of drug-likeness (QED) is 0.210. The van der Waals surface area contributed by atoms with E-state index in [2.05, 4.69) is 61.5 Å². The van der Waals surface area contributed by atoms with Crippen molar-refractivity contribution >= 4 is 23.1 Å². The maximum atomic E-state index is 13.6. The molecule has 0 spiro atoms. The van der Waals surface area contributed by atoms with Crippen molar-refractivity contribution in [2.75, 3.05) is 0 Å². The first-order valence-electron chi connectivity index (χ1n) is 16.3. The minimum atomic E-state index is -0.122. The van der Waals surface area contributed by atoms with Crippen LogP contribution < -0.4 is 0 Å². The van der Waals surface area contributed by atoms with Crippen molar-refractivity contribution in [3.63, 3.8) is 0 Å². The first kappa shape index (κ1) is 36.9. The van der Waals surface area contributed by atoms with E-state index >= 15 is 0 Å². The van der Waals surface area contributed by atoms with Crippen LogP contribution >= 0.6 is 0 Å². The lowest BCUT2D eigenvalue weighted by Gasteiger charge is -2.33. The fraction of sp³-hybridized carbons (Fsp3) is 0.730. The third kappa shape index (κ3) is 11.6. The molecule has 0 aromatic heterocycles. The molecule has 3 atom stereocenters. The van der Waals surface area contributed by atoms with Gasteiger partial charge in [0.25, 0.3) is 0 Å². The second kappa shape index (κ2) is 17.1. The van der Waals surface area contributed by atoms with E-state index in [1.54, 1.807) is 0 Å². The van der Waals surface area contributed by atoms with Crippen LogP contribution in [0.4, 0.5) is 0 Å². The summed E-state index contributed by atoms with van der Waals surface area (Å²) in [6.07, 6.45) is 7.89. The number of carbonyl (C=O) groups excluding carboxylic acids is 4. The average molecular weight is 569 g/mol. The summed E-state index contributed by atoms with van der Waals surface area (Å²) < 4.78 is 0. The maximum absolute atomic E-state index is 13.6. The molecule has 0 saturated heterocycles. The van der Waals surface area contributed by atoms with E-state index in [1.165, 1.54) is 18.9 Å². The predicted molar refractivity (Wildman–Crippen MR) is 172 cm³/mol. The number of rotatable bonds is 14. The average Bonchev–Trinajstić information content (AvgIpc) is 2.84. The molecular formula is C37H60O4. The number of ketones is 4. The van der Waals surface area contributed by atoms with Gasteiger partial charge in [-0.1, -0.05) is 87.6 Å². The highest BCUT2D eigenvalue weighted by molar-refractivity contribution is 6.01. The number of fused-ring (bicyclic) bond motifs is 1. The molecule has 1 aliphatic rings. The molecule has 2 rings (SSSR count). The molecule has 232 valence electrons. The molecule has 0 bridgehead atoms. The van der Waals surface area contributed by atoms with Gasteiger partial charge < -0.3 is 0 Å². The molecule has 1 aromatic rings. The summed E-state index contributed by atoms with van der Waals surface area (Å²) in [5, 5.41) is 0. The van der Waals surface area contributed by atoms with Crippen molar-refractivity contribution in [3.05, 3.63) is 33.9 Å². The Labute approximate surface area is 251 Å². The molecule has 0 heterocycles. The van der Waals surface area contributed by atoms with E-state index in [-0.39, 0.29) is 58.6 Å². The van der Waals surface area contributed by atoms with Crippen LogP contribution in [-0.4, -0.2) is 23.1 Å². The van der Waals surface area contributed by atoms with Crippen molar-refractivity contribution in [1.29, 1.82) is 0 Å². The molecule has 0 N–H and O–H groups in total. The Bertz CT molecular complexity index is 1040. The molecule has 4 heteroatoms. The summed E-state index contributed by atoms with van der Waals surface area (Å²) in [6, 6.07) is 2.19. The monoisotopic (exact) mass is 568 g/mol. The zero-order chi connectivity index (χ0) is 31.5. The van der Waals surface area contributed by atoms with Crippen molar-refractivity contribution in [3.8, 4) is 0 Å².